The second kappa shape index (κ2) is 3.66. The van der Waals surface area contributed by atoms with Gasteiger partial charge in [-0.05, 0) is 43.2 Å². The van der Waals surface area contributed by atoms with Crippen LogP contribution in [0.2, 0.25) is 0 Å². The first kappa shape index (κ1) is 9.82. The molecule has 4 aliphatic carbocycles. The van der Waals surface area contributed by atoms with Crippen molar-refractivity contribution < 1.29 is 0 Å². The van der Waals surface area contributed by atoms with Crippen LogP contribution < -0.4 is 0 Å². The van der Waals surface area contributed by atoms with Gasteiger partial charge in [-0.2, -0.15) is 0 Å². The summed E-state index contributed by atoms with van der Waals surface area (Å²) in [5.74, 6) is 2.87. The molecule has 86 valence electrons. The Morgan fingerprint density at radius 1 is 0.882 bits per heavy atom. The van der Waals surface area contributed by atoms with Crippen molar-refractivity contribution in [2.24, 2.45) is 17.8 Å². The van der Waals surface area contributed by atoms with E-state index in [1.54, 1.807) is 11.1 Å². The van der Waals surface area contributed by atoms with Gasteiger partial charge < -0.3 is 0 Å². The van der Waals surface area contributed by atoms with Gasteiger partial charge >= 0.3 is 0 Å². The fourth-order valence-corrected chi connectivity index (χ4v) is 4.36. The molecule has 0 radical (unpaired) electrons. The number of hydrogen-bond donors (Lipinski definition) is 0. The molecule has 1 aromatic carbocycles. The number of hydrogen-bond acceptors (Lipinski definition) is 0. The molecule has 0 nitrogen and oxygen atoms in total. The lowest BCUT2D eigenvalue weighted by molar-refractivity contribution is 0.193. The van der Waals surface area contributed by atoms with Crippen molar-refractivity contribution >= 4 is 5.57 Å². The van der Waals surface area contributed by atoms with E-state index in [2.05, 4.69) is 36.8 Å². The van der Waals surface area contributed by atoms with E-state index in [0.717, 1.165) is 17.8 Å². The topological polar surface area (TPSA) is 0 Å². The third-order valence-electron chi connectivity index (χ3n) is 4.88. The summed E-state index contributed by atoms with van der Waals surface area (Å²) in [5, 5.41) is 0. The van der Waals surface area contributed by atoms with E-state index in [9.17, 15) is 0 Å². The van der Waals surface area contributed by atoms with Crippen LogP contribution >= 0.6 is 0 Å². The molecule has 0 aromatic heterocycles. The molecule has 0 aliphatic heterocycles. The lowest BCUT2D eigenvalue weighted by atomic mass is 9.68. The predicted molar refractivity (Wildman–Crippen MR) is 71.2 cm³/mol. The summed E-state index contributed by atoms with van der Waals surface area (Å²) in [7, 11) is 0. The van der Waals surface area contributed by atoms with Crippen molar-refractivity contribution in [2.75, 3.05) is 0 Å². The Morgan fingerprint density at radius 2 is 1.59 bits per heavy atom. The first-order chi connectivity index (χ1) is 8.38. The van der Waals surface area contributed by atoms with Gasteiger partial charge in [0, 0.05) is 42.9 Å². The normalized spacial score (nSPS) is 34.7. The summed E-state index contributed by atoms with van der Waals surface area (Å²) in [5.41, 5.74) is 4.81. The van der Waals surface area contributed by atoms with Crippen LogP contribution in [-0.2, 0) is 0 Å². The minimum atomic E-state index is 0.869. The first-order valence-corrected chi connectivity index (χ1v) is 7.01. The smallest absolute Gasteiger partial charge is 0.0599 e. The molecule has 5 rings (SSSR count). The number of fused-ring (bicyclic) bond motifs is 1. The van der Waals surface area contributed by atoms with Crippen LogP contribution in [0.3, 0.4) is 0 Å². The molecule has 0 spiro atoms. The molecule has 1 aromatic rings. The van der Waals surface area contributed by atoms with Gasteiger partial charge in [0.1, 0.15) is 5.57 Å². The molecule has 4 aliphatic rings. The van der Waals surface area contributed by atoms with Crippen molar-refractivity contribution in [3.05, 3.63) is 47.9 Å². The highest BCUT2D eigenvalue weighted by Crippen LogP contribution is 2.52. The van der Waals surface area contributed by atoms with Gasteiger partial charge in [0.05, 0.1) is 5.56 Å². The van der Waals surface area contributed by atoms with Gasteiger partial charge in [-0.25, -0.2) is 0 Å². The average molecular weight is 223 g/mol. The highest BCUT2D eigenvalue weighted by molar-refractivity contribution is 5.76. The second-order valence-corrected chi connectivity index (χ2v) is 6.16. The number of allylic oxidation sites excluding steroid dienone is 2. The minimum Gasteiger partial charge on any atom is -0.0599 e. The van der Waals surface area contributed by atoms with Gasteiger partial charge in [0.15, 0.2) is 0 Å². The van der Waals surface area contributed by atoms with Gasteiger partial charge in [0.25, 0.3) is 0 Å². The molecule has 2 fully saturated rings. The van der Waals surface area contributed by atoms with E-state index in [4.69, 9.17) is 0 Å². The zero-order valence-electron chi connectivity index (χ0n) is 10.2. The van der Waals surface area contributed by atoms with Crippen LogP contribution in [-0.4, -0.2) is 0 Å². The Labute approximate surface area is 104 Å². The third kappa shape index (κ3) is 1.62. The maximum absolute atomic E-state index is 2.60. The maximum atomic E-state index is 2.60. The third-order valence-corrected chi connectivity index (χ3v) is 4.88. The minimum absolute atomic E-state index is 0.869. The molecule has 2 unspecified atom stereocenters. The van der Waals surface area contributed by atoms with Crippen molar-refractivity contribution in [2.45, 2.75) is 32.1 Å². The van der Waals surface area contributed by atoms with Crippen LogP contribution in [0.4, 0.5) is 0 Å². The lowest BCUT2D eigenvalue weighted by Gasteiger charge is -2.34. The summed E-state index contributed by atoms with van der Waals surface area (Å²) < 4.78 is 0. The first-order valence-electron chi connectivity index (χ1n) is 7.01. The van der Waals surface area contributed by atoms with Gasteiger partial charge in [0.2, 0.25) is 0 Å². The molecule has 17 heavy (non-hydrogen) atoms. The Kier molecular flexibility index (Phi) is 2.12. The Balaban J connectivity index is 1.80. The monoisotopic (exact) mass is 223 g/mol. The maximum Gasteiger partial charge on any atom is 0.136 e. The van der Waals surface area contributed by atoms with Crippen molar-refractivity contribution in [1.82, 2.24) is 0 Å². The van der Waals surface area contributed by atoms with Crippen LogP contribution in [0.25, 0.3) is 5.57 Å². The van der Waals surface area contributed by atoms with E-state index in [0.29, 0.717) is 0 Å². The summed E-state index contributed by atoms with van der Waals surface area (Å²) >= 11 is 0. The molecule has 0 amide bonds. The Hall–Kier alpha value is -1.17. The summed E-state index contributed by atoms with van der Waals surface area (Å²) in [6, 6.07) is 11.0. The van der Waals surface area contributed by atoms with E-state index < -0.39 is 0 Å². The highest BCUT2D eigenvalue weighted by atomic mass is 14.4. The highest BCUT2D eigenvalue weighted by Gasteiger charge is 2.43. The van der Waals surface area contributed by atoms with E-state index in [1.165, 1.54) is 37.7 Å². The molecule has 4 bridgehead atoms. The van der Waals surface area contributed by atoms with Crippen LogP contribution in [0.5, 0.6) is 0 Å². The molecule has 0 saturated heterocycles. The molecule has 2 saturated carbocycles. The van der Waals surface area contributed by atoms with Gasteiger partial charge in [-0.3, -0.25) is 0 Å². The Bertz CT molecular complexity index is 438. The van der Waals surface area contributed by atoms with Crippen molar-refractivity contribution in [3.8, 4) is 0 Å². The van der Waals surface area contributed by atoms with E-state index in [-0.39, 0.29) is 0 Å². The largest absolute Gasteiger partial charge is 0.136 e. The molecule has 0 heterocycles. The van der Waals surface area contributed by atoms with Crippen molar-refractivity contribution in [3.63, 3.8) is 0 Å². The second-order valence-electron chi connectivity index (χ2n) is 6.16. The fourth-order valence-electron chi connectivity index (χ4n) is 4.36. The van der Waals surface area contributed by atoms with Gasteiger partial charge in [-0.1, -0.05) is 6.07 Å². The summed E-state index contributed by atoms with van der Waals surface area (Å²) in [6.45, 7) is 0. The molecular weight excluding hydrogens is 204 g/mol. The standard InChI is InChI=1S/C17H19/c1-2-4-15(5-3-1)17-11-14-7-12-6-13(8-14)10-16(17)9-12/h1-5,11-14H,6-10H2/q+1. The van der Waals surface area contributed by atoms with E-state index in [1.807, 2.05) is 0 Å². The SMILES string of the molecule is c1ccc(C2=C3CC4CC([CH+]2)CC(C3)C4)cc1. The zero-order chi connectivity index (χ0) is 11.2. The zero-order valence-corrected chi connectivity index (χ0v) is 10.2. The molecule has 0 heteroatoms. The predicted octanol–water partition coefficient (Wildman–Crippen LogP) is 4.48. The quantitative estimate of drug-likeness (QED) is 0.616. The van der Waals surface area contributed by atoms with Crippen molar-refractivity contribution in [1.29, 1.82) is 0 Å². The lowest BCUT2D eigenvalue weighted by Crippen LogP contribution is -2.25. The summed E-state index contributed by atoms with van der Waals surface area (Å²) in [6.07, 6.45) is 9.79. The molecule has 0 N–H and O–H groups in total. The number of rotatable bonds is 1. The average Bonchev–Trinajstić information content (AvgIpc) is 2.55. The van der Waals surface area contributed by atoms with Crippen LogP contribution in [0, 0.1) is 24.2 Å². The van der Waals surface area contributed by atoms with Crippen LogP contribution in [0.15, 0.2) is 35.9 Å². The summed E-state index contributed by atoms with van der Waals surface area (Å²) in [4.78, 5) is 0. The molecular formula is C17H19+. The molecule has 2 atom stereocenters. The Morgan fingerprint density at radius 3 is 2.29 bits per heavy atom. The number of benzene rings is 1. The fraction of sp³-hybridized carbons (Fsp3) is 0.471. The van der Waals surface area contributed by atoms with Crippen LogP contribution in [0.1, 0.15) is 37.7 Å². The van der Waals surface area contributed by atoms with E-state index >= 15 is 0 Å². The van der Waals surface area contributed by atoms with Gasteiger partial charge in [-0.15, -0.1) is 0 Å².